The number of aliphatic hydroxyl groups is 2. The van der Waals surface area contributed by atoms with Crippen molar-refractivity contribution in [2.75, 3.05) is 0 Å². The van der Waals surface area contributed by atoms with Gasteiger partial charge in [-0.2, -0.15) is 0 Å². The standard InChI is InChI=1S/C26H42O4/c1-5-17-21-14-16(27)10-12-26(21,4)20-11-13-25(3)18(15(2)6-9-22(28)29)7-8-19(25)23(20)24(17)30/h5,15-16,18-21,23-24,27,30H,6-14H2,1-4H3,(H,28,29)/t15-,16-,18-,19+,20+,21?,23+,24-,25-,26-/m1/s1. The van der Waals surface area contributed by atoms with Crippen molar-refractivity contribution in [3.63, 3.8) is 0 Å². The fraction of sp³-hybridized carbons (Fsp3) is 0.885. The minimum absolute atomic E-state index is 0.180. The number of hydrogen-bond donors (Lipinski definition) is 3. The van der Waals surface area contributed by atoms with E-state index >= 15 is 0 Å². The number of aliphatic hydroxyl groups excluding tert-OH is 2. The predicted molar refractivity (Wildman–Crippen MR) is 118 cm³/mol. The second-order valence-electron chi connectivity index (χ2n) is 11.6. The summed E-state index contributed by atoms with van der Waals surface area (Å²) >= 11 is 0. The molecule has 4 fully saturated rings. The van der Waals surface area contributed by atoms with E-state index in [9.17, 15) is 15.0 Å². The van der Waals surface area contributed by atoms with Gasteiger partial charge in [0.05, 0.1) is 12.2 Å². The topological polar surface area (TPSA) is 77.8 Å². The number of aliphatic carboxylic acids is 1. The number of rotatable bonds is 4. The molecule has 30 heavy (non-hydrogen) atoms. The maximum absolute atomic E-state index is 11.6. The van der Waals surface area contributed by atoms with E-state index in [1.165, 1.54) is 18.4 Å². The fourth-order valence-corrected chi connectivity index (χ4v) is 9.00. The van der Waals surface area contributed by atoms with Gasteiger partial charge in [0, 0.05) is 6.42 Å². The Morgan fingerprint density at radius 1 is 1.10 bits per heavy atom. The van der Waals surface area contributed by atoms with Crippen LogP contribution >= 0.6 is 0 Å². The molecule has 0 aromatic carbocycles. The lowest BCUT2D eigenvalue weighted by atomic mass is 9.42. The third kappa shape index (κ3) is 3.28. The molecule has 170 valence electrons. The van der Waals surface area contributed by atoms with Gasteiger partial charge in [-0.15, -0.1) is 0 Å². The second kappa shape index (κ2) is 7.92. The minimum Gasteiger partial charge on any atom is -0.481 e. The monoisotopic (exact) mass is 418 g/mol. The number of carboxylic acids is 1. The molecule has 10 atom stereocenters. The van der Waals surface area contributed by atoms with Crippen LogP contribution in [0, 0.1) is 46.3 Å². The maximum atomic E-state index is 11.6. The lowest BCUT2D eigenvalue weighted by molar-refractivity contribution is -0.147. The van der Waals surface area contributed by atoms with E-state index in [4.69, 9.17) is 5.11 Å². The number of carbonyl (C=O) groups is 1. The zero-order chi connectivity index (χ0) is 21.8. The van der Waals surface area contributed by atoms with Crippen LogP contribution in [0.2, 0.25) is 0 Å². The van der Waals surface area contributed by atoms with Gasteiger partial charge >= 0.3 is 5.97 Å². The summed E-state index contributed by atoms with van der Waals surface area (Å²) in [5.74, 6) is 1.94. The van der Waals surface area contributed by atoms with Crippen molar-refractivity contribution in [2.45, 2.75) is 97.7 Å². The molecule has 4 saturated carbocycles. The first-order chi connectivity index (χ1) is 14.1. The molecule has 4 nitrogen and oxygen atoms in total. The van der Waals surface area contributed by atoms with Gasteiger partial charge in [-0.3, -0.25) is 4.79 Å². The van der Waals surface area contributed by atoms with E-state index in [1.54, 1.807) is 0 Å². The van der Waals surface area contributed by atoms with Crippen molar-refractivity contribution in [1.29, 1.82) is 0 Å². The van der Waals surface area contributed by atoms with Crippen LogP contribution in [0.3, 0.4) is 0 Å². The average molecular weight is 419 g/mol. The first-order valence-corrected chi connectivity index (χ1v) is 12.4. The first kappa shape index (κ1) is 22.3. The predicted octanol–water partition coefficient (Wildman–Crippen LogP) is 5.03. The number of fused-ring (bicyclic) bond motifs is 5. The summed E-state index contributed by atoms with van der Waals surface area (Å²) in [6.45, 7) is 9.21. The van der Waals surface area contributed by atoms with E-state index in [1.807, 2.05) is 0 Å². The van der Waals surface area contributed by atoms with Crippen molar-refractivity contribution in [3.8, 4) is 0 Å². The van der Waals surface area contributed by atoms with Crippen molar-refractivity contribution >= 4 is 5.97 Å². The molecule has 0 saturated heterocycles. The summed E-state index contributed by atoms with van der Waals surface area (Å²) in [7, 11) is 0. The Morgan fingerprint density at radius 2 is 1.77 bits per heavy atom. The molecule has 0 radical (unpaired) electrons. The summed E-state index contributed by atoms with van der Waals surface area (Å²) in [4.78, 5) is 11.1. The van der Waals surface area contributed by atoms with E-state index in [2.05, 4.69) is 33.8 Å². The Hall–Kier alpha value is -0.870. The lowest BCUT2D eigenvalue weighted by Crippen LogP contribution is -2.59. The summed E-state index contributed by atoms with van der Waals surface area (Å²) in [6, 6.07) is 0. The van der Waals surface area contributed by atoms with Gasteiger partial charge in [-0.05, 0) is 110 Å². The van der Waals surface area contributed by atoms with Crippen LogP contribution < -0.4 is 0 Å². The molecule has 4 rings (SSSR count). The van der Waals surface area contributed by atoms with Gasteiger partial charge in [0.25, 0.3) is 0 Å². The minimum atomic E-state index is -0.691. The van der Waals surface area contributed by atoms with Crippen molar-refractivity contribution < 1.29 is 20.1 Å². The van der Waals surface area contributed by atoms with E-state index in [0.29, 0.717) is 35.5 Å². The highest BCUT2D eigenvalue weighted by molar-refractivity contribution is 5.66. The SMILES string of the molecule is CC=C1C2C[C@H](O)CC[C@]2(C)[C@H]2CC[C@]3(C)[C@@H]([C@H](C)CCC(=O)O)CC[C@H]3[C@@H]2[C@@H]1O. The number of carboxylic acid groups (broad SMARTS) is 1. The van der Waals surface area contributed by atoms with Crippen LogP contribution in [0.15, 0.2) is 11.6 Å². The zero-order valence-corrected chi connectivity index (χ0v) is 19.3. The molecular formula is C26H42O4. The van der Waals surface area contributed by atoms with Gasteiger partial charge in [-0.25, -0.2) is 0 Å². The summed E-state index contributed by atoms with van der Waals surface area (Å²) < 4.78 is 0. The maximum Gasteiger partial charge on any atom is 0.303 e. The third-order valence-electron chi connectivity index (χ3n) is 10.5. The molecule has 0 aliphatic heterocycles. The molecule has 0 amide bonds. The summed E-state index contributed by atoms with van der Waals surface area (Å²) in [5, 5.41) is 31.2. The normalized spacial score (nSPS) is 50.5. The van der Waals surface area contributed by atoms with Crippen LogP contribution in [0.4, 0.5) is 0 Å². The highest BCUT2D eigenvalue weighted by Crippen LogP contribution is 2.69. The van der Waals surface area contributed by atoms with Crippen LogP contribution in [-0.4, -0.2) is 33.5 Å². The van der Waals surface area contributed by atoms with Crippen molar-refractivity contribution in [3.05, 3.63) is 11.6 Å². The molecule has 0 heterocycles. The fourth-order valence-electron chi connectivity index (χ4n) is 9.00. The largest absolute Gasteiger partial charge is 0.481 e. The molecule has 0 spiro atoms. The Balaban J connectivity index is 1.63. The third-order valence-corrected chi connectivity index (χ3v) is 10.5. The molecular weight excluding hydrogens is 376 g/mol. The molecule has 0 aromatic rings. The van der Waals surface area contributed by atoms with Gasteiger partial charge in [0.15, 0.2) is 0 Å². The Labute approximate surface area is 182 Å². The molecule has 0 bridgehead atoms. The first-order valence-electron chi connectivity index (χ1n) is 12.4. The van der Waals surface area contributed by atoms with Crippen LogP contribution in [0.5, 0.6) is 0 Å². The Bertz CT molecular complexity index is 701. The lowest BCUT2D eigenvalue weighted by Gasteiger charge is -2.63. The van der Waals surface area contributed by atoms with Crippen LogP contribution in [-0.2, 0) is 4.79 Å². The molecule has 4 aliphatic carbocycles. The highest BCUT2D eigenvalue weighted by atomic mass is 16.4. The smallest absolute Gasteiger partial charge is 0.303 e. The number of hydrogen-bond acceptors (Lipinski definition) is 3. The number of allylic oxidation sites excluding steroid dienone is 1. The average Bonchev–Trinajstić information content (AvgIpc) is 3.05. The van der Waals surface area contributed by atoms with E-state index < -0.39 is 5.97 Å². The van der Waals surface area contributed by atoms with E-state index in [0.717, 1.165) is 38.5 Å². The molecule has 1 unspecified atom stereocenters. The quantitative estimate of drug-likeness (QED) is 0.559. The van der Waals surface area contributed by atoms with Gasteiger partial charge < -0.3 is 15.3 Å². The molecule has 4 heteroatoms. The van der Waals surface area contributed by atoms with Crippen molar-refractivity contribution in [2.24, 2.45) is 46.3 Å². The molecule has 0 aromatic heterocycles. The van der Waals surface area contributed by atoms with Crippen LogP contribution in [0.25, 0.3) is 0 Å². The Morgan fingerprint density at radius 3 is 2.43 bits per heavy atom. The Kier molecular flexibility index (Phi) is 5.89. The van der Waals surface area contributed by atoms with Gasteiger partial charge in [0.2, 0.25) is 0 Å². The summed E-state index contributed by atoms with van der Waals surface area (Å²) in [5.41, 5.74) is 1.57. The molecule has 4 aliphatic rings. The van der Waals surface area contributed by atoms with E-state index in [-0.39, 0.29) is 29.5 Å². The summed E-state index contributed by atoms with van der Waals surface area (Å²) in [6.07, 6.45) is 9.99. The molecule has 3 N–H and O–H groups in total. The zero-order valence-electron chi connectivity index (χ0n) is 19.3. The second-order valence-corrected chi connectivity index (χ2v) is 11.6. The highest BCUT2D eigenvalue weighted by Gasteiger charge is 2.63. The van der Waals surface area contributed by atoms with Crippen LogP contribution in [0.1, 0.15) is 85.5 Å². The van der Waals surface area contributed by atoms with Gasteiger partial charge in [0.1, 0.15) is 0 Å². The van der Waals surface area contributed by atoms with Gasteiger partial charge in [-0.1, -0.05) is 26.8 Å². The van der Waals surface area contributed by atoms with Crippen molar-refractivity contribution in [1.82, 2.24) is 0 Å².